The van der Waals surface area contributed by atoms with Gasteiger partial charge >= 0.3 is 0 Å². The number of hydrogen-bond donors (Lipinski definition) is 1. The van der Waals surface area contributed by atoms with Crippen LogP contribution in [0.15, 0.2) is 77.8 Å². The Morgan fingerprint density at radius 1 is 0.944 bits per heavy atom. The first-order chi connectivity index (χ1) is 17.4. The molecular weight excluding hydrogens is 444 g/mol. The molecule has 0 spiro atoms. The number of ketones is 1. The highest BCUT2D eigenvalue weighted by Gasteiger charge is 2.60. The molecule has 4 aliphatic rings. The molecule has 4 nitrogen and oxygen atoms in total. The van der Waals surface area contributed by atoms with E-state index in [-0.39, 0.29) is 34.5 Å². The SMILES string of the molecule is C[C@]12C=CC(=O)CC1=NCC1C2CC[C@@]2(C)C1CC[C@@H]2C(=O)NC(c1ccccc1)c1ccccc1. The Bertz CT molecular complexity index is 1180. The maximum Gasteiger partial charge on any atom is 0.224 e. The van der Waals surface area contributed by atoms with Gasteiger partial charge < -0.3 is 5.32 Å². The Morgan fingerprint density at radius 2 is 1.61 bits per heavy atom. The molecular formula is C32H36N2O2. The van der Waals surface area contributed by atoms with Crippen LogP contribution in [0.3, 0.4) is 0 Å². The number of benzene rings is 2. The van der Waals surface area contributed by atoms with Crippen LogP contribution in [-0.4, -0.2) is 23.9 Å². The smallest absolute Gasteiger partial charge is 0.224 e. The second-order valence-corrected chi connectivity index (χ2v) is 11.9. The first-order valence-corrected chi connectivity index (χ1v) is 13.6. The van der Waals surface area contributed by atoms with Gasteiger partial charge in [-0.3, -0.25) is 14.6 Å². The van der Waals surface area contributed by atoms with Gasteiger partial charge in [-0.15, -0.1) is 0 Å². The summed E-state index contributed by atoms with van der Waals surface area (Å²) >= 11 is 0. The molecule has 1 amide bonds. The Kier molecular flexibility index (Phi) is 5.74. The third kappa shape index (κ3) is 3.68. The number of carbonyl (C=O) groups is 2. The normalized spacial score (nSPS) is 35.0. The van der Waals surface area contributed by atoms with Crippen LogP contribution >= 0.6 is 0 Å². The molecule has 36 heavy (non-hydrogen) atoms. The van der Waals surface area contributed by atoms with Gasteiger partial charge in [0.25, 0.3) is 0 Å². The molecule has 4 heteroatoms. The molecule has 0 aromatic heterocycles. The van der Waals surface area contributed by atoms with Gasteiger partial charge in [-0.2, -0.15) is 0 Å². The fourth-order valence-corrected chi connectivity index (χ4v) is 8.17. The van der Waals surface area contributed by atoms with E-state index in [2.05, 4.69) is 49.5 Å². The number of amides is 1. The van der Waals surface area contributed by atoms with E-state index in [0.29, 0.717) is 24.2 Å². The molecule has 3 unspecified atom stereocenters. The van der Waals surface area contributed by atoms with Crippen LogP contribution in [-0.2, 0) is 9.59 Å². The summed E-state index contributed by atoms with van der Waals surface area (Å²) < 4.78 is 0. The van der Waals surface area contributed by atoms with Crippen molar-refractivity contribution < 1.29 is 9.59 Å². The summed E-state index contributed by atoms with van der Waals surface area (Å²) in [5.74, 6) is 1.86. The Morgan fingerprint density at radius 3 is 2.28 bits per heavy atom. The van der Waals surface area contributed by atoms with Crippen molar-refractivity contribution in [3.63, 3.8) is 0 Å². The Labute approximate surface area is 214 Å². The van der Waals surface area contributed by atoms with Crippen molar-refractivity contribution in [3.05, 3.63) is 83.9 Å². The van der Waals surface area contributed by atoms with Crippen molar-refractivity contribution in [2.24, 2.45) is 39.5 Å². The maximum absolute atomic E-state index is 14.0. The molecule has 186 valence electrons. The van der Waals surface area contributed by atoms with Crippen molar-refractivity contribution in [2.75, 3.05) is 6.54 Å². The van der Waals surface area contributed by atoms with Crippen LogP contribution in [0.4, 0.5) is 0 Å². The number of nitrogens with zero attached hydrogens (tertiary/aromatic N) is 1. The quantitative estimate of drug-likeness (QED) is 0.589. The van der Waals surface area contributed by atoms with Crippen molar-refractivity contribution in [3.8, 4) is 0 Å². The predicted octanol–water partition coefficient (Wildman–Crippen LogP) is 5.94. The number of allylic oxidation sites excluding steroid dienone is 2. The molecule has 2 fully saturated rings. The average molecular weight is 481 g/mol. The second kappa shape index (κ2) is 8.83. The molecule has 1 aliphatic heterocycles. The summed E-state index contributed by atoms with van der Waals surface area (Å²) in [7, 11) is 0. The van der Waals surface area contributed by atoms with Crippen LogP contribution < -0.4 is 5.32 Å². The second-order valence-electron chi connectivity index (χ2n) is 11.9. The van der Waals surface area contributed by atoms with Crippen LogP contribution in [0.25, 0.3) is 0 Å². The van der Waals surface area contributed by atoms with Gasteiger partial charge in [-0.05, 0) is 66.1 Å². The highest BCUT2D eigenvalue weighted by atomic mass is 16.2. The van der Waals surface area contributed by atoms with Crippen LogP contribution in [0.1, 0.15) is 63.1 Å². The van der Waals surface area contributed by atoms with E-state index in [1.165, 1.54) is 0 Å². The summed E-state index contributed by atoms with van der Waals surface area (Å²) in [4.78, 5) is 31.0. The number of hydrogen-bond acceptors (Lipinski definition) is 3. The van der Waals surface area contributed by atoms with Crippen molar-refractivity contribution in [1.29, 1.82) is 0 Å². The molecule has 0 bridgehead atoms. The standard InChI is InChI=1S/C32H36N2O2/c1-31-18-16-26-24(20-33-28-19-23(35)15-17-32(26,28)2)25(31)13-14-27(31)30(36)34-29(21-9-5-3-6-10-21)22-11-7-4-8-12-22/h3-12,15,17,24-27,29H,13-14,16,18-20H2,1-2H3,(H,34,36)/t24?,25?,26?,27-,31+,32-/m1/s1. The number of aliphatic imine (C=N–C) groups is 1. The van der Waals surface area contributed by atoms with Gasteiger partial charge in [0, 0.05) is 30.0 Å². The molecule has 1 heterocycles. The van der Waals surface area contributed by atoms with Gasteiger partial charge in [0.1, 0.15) is 0 Å². The molecule has 3 aliphatic carbocycles. The molecule has 0 radical (unpaired) electrons. The van der Waals surface area contributed by atoms with Crippen molar-refractivity contribution in [1.82, 2.24) is 5.32 Å². The lowest BCUT2D eigenvalue weighted by Crippen LogP contribution is -2.54. The zero-order chi connectivity index (χ0) is 24.9. The van der Waals surface area contributed by atoms with E-state index in [1.807, 2.05) is 36.4 Å². The van der Waals surface area contributed by atoms with Crippen molar-refractivity contribution >= 4 is 17.4 Å². The minimum absolute atomic E-state index is 0.0131. The van der Waals surface area contributed by atoms with Crippen LogP contribution in [0.5, 0.6) is 0 Å². The summed E-state index contributed by atoms with van der Waals surface area (Å²) in [5, 5.41) is 3.46. The van der Waals surface area contributed by atoms with Gasteiger partial charge in [-0.1, -0.05) is 80.6 Å². The largest absolute Gasteiger partial charge is 0.345 e. The van der Waals surface area contributed by atoms with Crippen molar-refractivity contribution in [2.45, 2.75) is 52.0 Å². The monoisotopic (exact) mass is 480 g/mol. The Hall–Kier alpha value is -3.01. The number of carbonyl (C=O) groups excluding carboxylic acids is 2. The highest BCUT2D eigenvalue weighted by molar-refractivity contribution is 6.12. The number of fused-ring (bicyclic) bond motifs is 5. The summed E-state index contributed by atoms with van der Waals surface area (Å²) in [5.41, 5.74) is 3.19. The zero-order valence-electron chi connectivity index (χ0n) is 21.3. The summed E-state index contributed by atoms with van der Waals surface area (Å²) in [6, 6.07) is 20.4. The molecule has 6 atom stereocenters. The number of rotatable bonds is 4. The number of nitrogens with one attached hydrogen (secondary N) is 1. The van der Waals surface area contributed by atoms with Crippen LogP contribution in [0, 0.1) is 34.5 Å². The third-order valence-corrected chi connectivity index (χ3v) is 10.1. The lowest BCUT2D eigenvalue weighted by Gasteiger charge is -2.55. The summed E-state index contributed by atoms with van der Waals surface area (Å²) in [6.45, 7) is 5.46. The van der Waals surface area contributed by atoms with Gasteiger partial charge in [0.2, 0.25) is 5.91 Å². The minimum atomic E-state index is -0.149. The predicted molar refractivity (Wildman–Crippen MR) is 143 cm³/mol. The first-order valence-electron chi connectivity index (χ1n) is 13.6. The Balaban J connectivity index is 1.25. The van der Waals surface area contributed by atoms with Gasteiger partial charge in [0.15, 0.2) is 5.78 Å². The van der Waals surface area contributed by atoms with E-state index < -0.39 is 0 Å². The summed E-state index contributed by atoms with van der Waals surface area (Å²) in [6.07, 6.45) is 8.57. The topological polar surface area (TPSA) is 58.5 Å². The lowest BCUT2D eigenvalue weighted by atomic mass is 9.50. The molecule has 2 aromatic rings. The molecule has 0 saturated heterocycles. The third-order valence-electron chi connectivity index (χ3n) is 10.1. The van der Waals surface area contributed by atoms with E-state index in [4.69, 9.17) is 4.99 Å². The molecule has 2 saturated carbocycles. The first kappa shape index (κ1) is 23.4. The van der Waals surface area contributed by atoms with Gasteiger partial charge in [-0.25, -0.2) is 0 Å². The fraction of sp³-hybridized carbons (Fsp3) is 0.469. The molecule has 6 rings (SSSR count). The van der Waals surface area contributed by atoms with E-state index in [9.17, 15) is 9.59 Å². The molecule has 1 N–H and O–H groups in total. The van der Waals surface area contributed by atoms with Gasteiger partial charge in [0.05, 0.1) is 6.04 Å². The van der Waals surface area contributed by atoms with E-state index in [0.717, 1.165) is 49.1 Å². The lowest BCUT2D eigenvalue weighted by molar-refractivity contribution is -0.131. The molecule has 2 aromatic carbocycles. The maximum atomic E-state index is 14.0. The zero-order valence-corrected chi connectivity index (χ0v) is 21.3. The average Bonchev–Trinajstić information content (AvgIpc) is 3.26. The fourth-order valence-electron chi connectivity index (χ4n) is 8.17. The minimum Gasteiger partial charge on any atom is -0.345 e. The highest BCUT2D eigenvalue weighted by Crippen LogP contribution is 2.63. The van der Waals surface area contributed by atoms with Crippen LogP contribution in [0.2, 0.25) is 0 Å². The van der Waals surface area contributed by atoms with E-state index in [1.54, 1.807) is 6.08 Å². The van der Waals surface area contributed by atoms with E-state index >= 15 is 0 Å².